The molecule has 0 saturated carbocycles. The number of rotatable bonds is 5. The van der Waals surface area contributed by atoms with Crippen LogP contribution in [-0.4, -0.2) is 48.5 Å². The van der Waals surface area contributed by atoms with Crippen LogP contribution in [0.2, 0.25) is 0 Å². The average Bonchev–Trinajstić information content (AvgIpc) is 2.91. The number of Topliss-reactive ketones (excluding diaryl/α,β-unsaturated/α-hetero) is 1. The number of hydrogen-bond donors (Lipinski definition) is 3. The van der Waals surface area contributed by atoms with Gasteiger partial charge in [0.1, 0.15) is 6.33 Å². The maximum atomic E-state index is 11.8. The van der Waals surface area contributed by atoms with Crippen molar-refractivity contribution in [2.45, 2.75) is 25.2 Å². The zero-order chi connectivity index (χ0) is 14.9. The van der Waals surface area contributed by atoms with Crippen LogP contribution in [0.5, 0.6) is 0 Å². The highest BCUT2D eigenvalue weighted by Crippen LogP contribution is 2.37. The number of hydrogen-bond acceptors (Lipinski definition) is 6. The van der Waals surface area contributed by atoms with Gasteiger partial charge in [0.15, 0.2) is 5.78 Å². The predicted molar refractivity (Wildman–Crippen MR) is 63.6 cm³/mol. The van der Waals surface area contributed by atoms with Gasteiger partial charge in [0.25, 0.3) is 5.91 Å². The number of carbonyl (C=O) groups is 2. The van der Waals surface area contributed by atoms with Crippen molar-refractivity contribution in [2.24, 2.45) is 5.73 Å². The molecule has 0 unspecified atom stereocenters. The maximum absolute atomic E-state index is 11.8. The van der Waals surface area contributed by atoms with Gasteiger partial charge in [-0.1, -0.05) is 0 Å². The smallest absolute Gasteiger partial charge is 0.325 e. The zero-order valence-corrected chi connectivity index (χ0v) is 11.1. The lowest BCUT2D eigenvalue weighted by Gasteiger charge is -2.12. The molecule has 1 aliphatic heterocycles. The molecule has 110 valence electrons. The van der Waals surface area contributed by atoms with E-state index in [0.717, 1.165) is 11.0 Å². The van der Waals surface area contributed by atoms with E-state index < -0.39 is 25.8 Å². The Bertz CT molecular complexity index is 581. The number of primary amides is 1. The molecule has 1 fully saturated rings. The Balaban J connectivity index is 2.01. The third-order valence-corrected chi connectivity index (χ3v) is 3.58. The Kier molecular flexibility index (Phi) is 4.00. The van der Waals surface area contributed by atoms with Gasteiger partial charge in [0.05, 0.1) is 12.3 Å². The van der Waals surface area contributed by atoms with E-state index in [-0.39, 0.29) is 30.6 Å². The lowest BCUT2D eigenvalue weighted by molar-refractivity contribution is -0.127. The number of ketones is 1. The van der Waals surface area contributed by atoms with E-state index in [0.29, 0.717) is 0 Å². The lowest BCUT2D eigenvalue weighted by atomic mass is 10.2. The van der Waals surface area contributed by atoms with E-state index >= 15 is 0 Å². The van der Waals surface area contributed by atoms with Crippen LogP contribution in [0.25, 0.3) is 0 Å². The van der Waals surface area contributed by atoms with E-state index in [4.69, 9.17) is 20.3 Å². The standard InChI is InChI=1S/C9H13N4O6P/c10-7(15)8-11-4-13(12-8)9-6(14)3-5(19-9)1-2-20(16,17)18/h4-5,9H,1-3H2,(H2,10,15)(H2,16,17,18)/t5-,9-/m1/s1. The molecule has 0 spiro atoms. The number of nitrogens with zero attached hydrogens (tertiary/aromatic N) is 3. The largest absolute Gasteiger partial charge is 0.363 e. The Labute approximate surface area is 113 Å². The first-order chi connectivity index (χ1) is 9.26. The molecule has 1 amide bonds. The van der Waals surface area contributed by atoms with Crippen molar-refractivity contribution in [3.63, 3.8) is 0 Å². The minimum atomic E-state index is -4.13. The van der Waals surface area contributed by atoms with Crippen molar-refractivity contribution in [1.82, 2.24) is 14.8 Å². The van der Waals surface area contributed by atoms with Crippen molar-refractivity contribution >= 4 is 19.3 Å². The summed E-state index contributed by atoms with van der Waals surface area (Å²) in [5.74, 6) is -1.37. The van der Waals surface area contributed by atoms with Crippen LogP contribution < -0.4 is 5.73 Å². The van der Waals surface area contributed by atoms with E-state index in [9.17, 15) is 14.2 Å². The highest BCUT2D eigenvalue weighted by atomic mass is 31.2. The molecule has 20 heavy (non-hydrogen) atoms. The number of ether oxygens (including phenoxy) is 1. The first-order valence-electron chi connectivity index (χ1n) is 5.70. The molecule has 0 aliphatic carbocycles. The van der Waals surface area contributed by atoms with Gasteiger partial charge in [-0.25, -0.2) is 9.67 Å². The van der Waals surface area contributed by atoms with Gasteiger partial charge < -0.3 is 20.3 Å². The second-order valence-corrected chi connectivity index (χ2v) is 6.15. The van der Waals surface area contributed by atoms with Gasteiger partial charge in [0, 0.05) is 6.42 Å². The number of amides is 1. The molecule has 0 radical (unpaired) electrons. The van der Waals surface area contributed by atoms with Crippen LogP contribution in [0.1, 0.15) is 29.7 Å². The predicted octanol–water partition coefficient (Wildman–Crippen LogP) is -1.20. The van der Waals surface area contributed by atoms with Gasteiger partial charge in [-0.15, -0.1) is 5.10 Å². The molecular weight excluding hydrogens is 291 g/mol. The summed E-state index contributed by atoms with van der Waals surface area (Å²) in [5.41, 5.74) is 4.99. The molecule has 4 N–H and O–H groups in total. The van der Waals surface area contributed by atoms with Crippen molar-refractivity contribution in [1.29, 1.82) is 0 Å². The maximum Gasteiger partial charge on any atom is 0.325 e. The van der Waals surface area contributed by atoms with Crippen molar-refractivity contribution in [3.8, 4) is 0 Å². The second-order valence-electron chi connectivity index (χ2n) is 4.37. The van der Waals surface area contributed by atoms with Gasteiger partial charge in [-0.2, -0.15) is 0 Å². The van der Waals surface area contributed by atoms with Crippen molar-refractivity contribution in [3.05, 3.63) is 12.2 Å². The van der Waals surface area contributed by atoms with Gasteiger partial charge >= 0.3 is 7.60 Å². The minimum absolute atomic E-state index is 0.0242. The summed E-state index contributed by atoms with van der Waals surface area (Å²) < 4.78 is 17.2. The molecule has 1 aromatic heterocycles. The first kappa shape index (κ1) is 14.8. The fourth-order valence-corrected chi connectivity index (χ4v) is 2.45. The molecule has 1 saturated heterocycles. The highest BCUT2D eigenvalue weighted by Gasteiger charge is 2.36. The Morgan fingerprint density at radius 2 is 2.30 bits per heavy atom. The number of carbonyl (C=O) groups excluding carboxylic acids is 2. The summed E-state index contributed by atoms with van der Waals surface area (Å²) in [6, 6.07) is 0. The molecule has 11 heteroatoms. The summed E-state index contributed by atoms with van der Waals surface area (Å²) in [6.45, 7) is 0. The van der Waals surface area contributed by atoms with Gasteiger partial charge in [-0.3, -0.25) is 14.2 Å². The number of aromatic nitrogens is 3. The Morgan fingerprint density at radius 3 is 2.85 bits per heavy atom. The SMILES string of the molecule is NC(=O)c1ncn([C@@H]2O[C@H](CCP(=O)(O)O)CC2=O)n1. The molecule has 1 aromatic rings. The summed E-state index contributed by atoms with van der Waals surface area (Å²) in [6.07, 6.45) is -0.769. The average molecular weight is 304 g/mol. The topological polar surface area (TPSA) is 158 Å². The van der Waals surface area contributed by atoms with Crippen LogP contribution in [0.15, 0.2) is 6.33 Å². The monoisotopic (exact) mass is 304 g/mol. The molecule has 0 aromatic carbocycles. The Morgan fingerprint density at radius 1 is 1.60 bits per heavy atom. The minimum Gasteiger partial charge on any atom is -0.363 e. The third kappa shape index (κ3) is 3.48. The summed E-state index contributed by atoms with van der Waals surface area (Å²) in [7, 11) is -4.13. The van der Waals surface area contributed by atoms with Crippen LogP contribution in [0.3, 0.4) is 0 Å². The fraction of sp³-hybridized carbons (Fsp3) is 0.556. The van der Waals surface area contributed by atoms with Gasteiger partial charge in [-0.05, 0) is 6.42 Å². The van der Waals surface area contributed by atoms with Crippen LogP contribution in [0, 0.1) is 0 Å². The normalized spacial score (nSPS) is 23.2. The highest BCUT2D eigenvalue weighted by molar-refractivity contribution is 7.51. The van der Waals surface area contributed by atoms with E-state index in [1.54, 1.807) is 0 Å². The van der Waals surface area contributed by atoms with Crippen molar-refractivity contribution < 1.29 is 28.7 Å². The van der Waals surface area contributed by atoms with Gasteiger partial charge in [0.2, 0.25) is 12.1 Å². The molecule has 2 atom stereocenters. The quantitative estimate of drug-likeness (QED) is 0.572. The molecule has 2 heterocycles. The van der Waals surface area contributed by atoms with E-state index in [1.807, 2.05) is 0 Å². The van der Waals surface area contributed by atoms with E-state index in [2.05, 4.69) is 10.1 Å². The molecule has 0 bridgehead atoms. The molecule has 10 nitrogen and oxygen atoms in total. The van der Waals surface area contributed by atoms with E-state index in [1.165, 1.54) is 0 Å². The fourth-order valence-electron chi connectivity index (χ4n) is 1.82. The van der Waals surface area contributed by atoms with Crippen LogP contribution in [-0.2, 0) is 14.1 Å². The van der Waals surface area contributed by atoms with Crippen molar-refractivity contribution in [2.75, 3.05) is 6.16 Å². The molecule has 2 rings (SSSR count). The summed E-state index contributed by atoms with van der Waals surface area (Å²) in [5, 5.41) is 3.72. The van der Waals surface area contributed by atoms with Crippen LogP contribution in [0.4, 0.5) is 0 Å². The third-order valence-electron chi connectivity index (χ3n) is 2.74. The molecule has 1 aliphatic rings. The first-order valence-corrected chi connectivity index (χ1v) is 7.50. The zero-order valence-electron chi connectivity index (χ0n) is 10.2. The summed E-state index contributed by atoms with van der Waals surface area (Å²) >= 11 is 0. The molecular formula is C9H13N4O6P. The lowest BCUT2D eigenvalue weighted by Crippen LogP contribution is -2.18. The Hall–Kier alpha value is -1.61. The summed E-state index contributed by atoms with van der Waals surface area (Å²) in [4.78, 5) is 43.8. The van der Waals surface area contributed by atoms with Crippen LogP contribution >= 0.6 is 7.60 Å². The number of nitrogens with two attached hydrogens (primary N) is 1. The second kappa shape index (κ2) is 5.41.